The molecule has 0 saturated carbocycles. The minimum atomic E-state index is -0.793. The maximum Gasteiger partial charge on any atom is 0.306 e. The lowest BCUT2D eigenvalue weighted by atomic mass is 10.0. The Balaban J connectivity index is 4.31. The first-order chi connectivity index (χ1) is 40.5. The summed E-state index contributed by atoms with van der Waals surface area (Å²) < 4.78 is 17.0. The van der Waals surface area contributed by atoms with Gasteiger partial charge in [-0.25, -0.2) is 0 Å². The second-order valence-electron chi connectivity index (χ2n) is 22.7. The van der Waals surface area contributed by atoms with Gasteiger partial charge in [-0.3, -0.25) is 14.4 Å². The fraction of sp³-hybridized carbons (Fsp3) is 0.697. The van der Waals surface area contributed by atoms with E-state index in [0.29, 0.717) is 19.3 Å². The largest absolute Gasteiger partial charge is 0.462 e. The van der Waals surface area contributed by atoms with E-state index in [1.807, 2.05) is 0 Å². The smallest absolute Gasteiger partial charge is 0.306 e. The van der Waals surface area contributed by atoms with Gasteiger partial charge in [0.1, 0.15) is 13.2 Å². The van der Waals surface area contributed by atoms with Gasteiger partial charge < -0.3 is 14.2 Å². The predicted octanol–water partition coefficient (Wildman–Crippen LogP) is 23.9. The van der Waals surface area contributed by atoms with Crippen molar-refractivity contribution in [2.75, 3.05) is 13.2 Å². The van der Waals surface area contributed by atoms with E-state index < -0.39 is 6.10 Å². The lowest BCUT2D eigenvalue weighted by Gasteiger charge is -2.18. The Labute approximate surface area is 507 Å². The zero-order valence-corrected chi connectivity index (χ0v) is 53.7. The molecule has 468 valence electrons. The molecule has 0 N–H and O–H groups in total. The van der Waals surface area contributed by atoms with Crippen LogP contribution in [0.1, 0.15) is 323 Å². The van der Waals surface area contributed by atoms with Gasteiger partial charge in [-0.1, -0.05) is 290 Å². The van der Waals surface area contributed by atoms with Gasteiger partial charge in [0.05, 0.1) is 0 Å². The first-order valence-corrected chi connectivity index (χ1v) is 34.5. The molecule has 0 fully saturated rings. The van der Waals surface area contributed by atoms with Crippen LogP contribution in [-0.2, 0) is 28.6 Å². The Morgan fingerprint density at radius 3 is 0.768 bits per heavy atom. The van der Waals surface area contributed by atoms with Crippen LogP contribution in [0.25, 0.3) is 0 Å². The second-order valence-corrected chi connectivity index (χ2v) is 22.7. The standard InChI is InChI=1S/C76H128O6/c1-4-7-10-13-16-19-22-25-28-31-32-33-34-35-36-37-38-39-40-41-42-43-44-46-48-51-54-57-60-63-66-69-75(78)81-72-73(71-80-74(77)68-65-62-59-56-53-50-47-30-27-24-21-18-15-12-9-6-3)82-76(79)70-67-64-61-58-55-52-49-45-29-26-23-20-17-14-11-8-5-2/h7,10,16-17,19-21,24-26,28-30,32-33,35-36,38-39,47,73H,4-6,8-9,11-15,18,22-23,27,31,34,37,40-46,48-72H2,1-3H3/b10-7-,19-16-,20-17-,24-21-,28-25-,29-26-,33-32-,36-35-,39-38-,47-30-. The van der Waals surface area contributed by atoms with Crippen LogP contribution in [0.5, 0.6) is 0 Å². The van der Waals surface area contributed by atoms with E-state index >= 15 is 0 Å². The zero-order chi connectivity index (χ0) is 59.2. The molecule has 0 aromatic heterocycles. The first-order valence-electron chi connectivity index (χ1n) is 34.5. The highest BCUT2D eigenvalue weighted by Gasteiger charge is 2.19. The van der Waals surface area contributed by atoms with Crippen LogP contribution >= 0.6 is 0 Å². The molecule has 0 bridgehead atoms. The number of unbranched alkanes of at least 4 members (excludes halogenated alkanes) is 31. The molecule has 6 nitrogen and oxygen atoms in total. The van der Waals surface area contributed by atoms with Gasteiger partial charge in [-0.15, -0.1) is 0 Å². The molecule has 0 aromatic carbocycles. The number of carbonyl (C=O) groups excluding carboxylic acids is 3. The molecule has 0 saturated heterocycles. The van der Waals surface area contributed by atoms with E-state index in [-0.39, 0.29) is 31.1 Å². The maximum absolute atomic E-state index is 12.9. The third-order valence-corrected chi connectivity index (χ3v) is 14.7. The number of esters is 3. The highest BCUT2D eigenvalue weighted by molar-refractivity contribution is 5.71. The molecule has 0 rings (SSSR count). The number of rotatable bonds is 62. The molecular formula is C76H128O6. The molecular weight excluding hydrogens is 1010 g/mol. The van der Waals surface area contributed by atoms with Crippen molar-refractivity contribution in [1.82, 2.24) is 0 Å². The summed E-state index contributed by atoms with van der Waals surface area (Å²) in [5, 5.41) is 0. The first kappa shape index (κ1) is 77.8. The lowest BCUT2D eigenvalue weighted by Crippen LogP contribution is -2.30. The van der Waals surface area contributed by atoms with Gasteiger partial charge >= 0.3 is 17.9 Å². The van der Waals surface area contributed by atoms with Crippen molar-refractivity contribution >= 4 is 17.9 Å². The van der Waals surface area contributed by atoms with Crippen molar-refractivity contribution in [1.29, 1.82) is 0 Å². The van der Waals surface area contributed by atoms with Gasteiger partial charge in [0.25, 0.3) is 0 Å². The summed E-state index contributed by atoms with van der Waals surface area (Å²) in [5.74, 6) is -0.901. The van der Waals surface area contributed by atoms with Crippen LogP contribution in [0, 0.1) is 0 Å². The maximum atomic E-state index is 12.9. The molecule has 0 aliphatic carbocycles. The molecule has 82 heavy (non-hydrogen) atoms. The van der Waals surface area contributed by atoms with E-state index in [9.17, 15) is 14.4 Å². The van der Waals surface area contributed by atoms with E-state index in [0.717, 1.165) is 135 Å². The van der Waals surface area contributed by atoms with Crippen molar-refractivity contribution in [2.24, 2.45) is 0 Å². The van der Waals surface area contributed by atoms with Gasteiger partial charge in [-0.2, -0.15) is 0 Å². The monoisotopic (exact) mass is 1140 g/mol. The van der Waals surface area contributed by atoms with Crippen molar-refractivity contribution < 1.29 is 28.6 Å². The number of ether oxygens (including phenoxy) is 3. The van der Waals surface area contributed by atoms with Gasteiger partial charge in [0.2, 0.25) is 0 Å². The normalized spacial score (nSPS) is 12.9. The number of hydrogen-bond acceptors (Lipinski definition) is 6. The minimum absolute atomic E-state index is 0.0873. The van der Waals surface area contributed by atoms with E-state index in [4.69, 9.17) is 14.2 Å². The Morgan fingerprint density at radius 2 is 0.476 bits per heavy atom. The predicted molar refractivity (Wildman–Crippen MR) is 357 cm³/mol. The highest BCUT2D eigenvalue weighted by atomic mass is 16.6. The average molecular weight is 1140 g/mol. The Morgan fingerprint density at radius 1 is 0.256 bits per heavy atom. The Bertz CT molecular complexity index is 1690. The van der Waals surface area contributed by atoms with Crippen LogP contribution in [0.4, 0.5) is 0 Å². The molecule has 0 aliphatic heterocycles. The van der Waals surface area contributed by atoms with Crippen LogP contribution in [0.3, 0.4) is 0 Å². The summed E-state index contributed by atoms with van der Waals surface area (Å²) in [6.45, 7) is 6.49. The van der Waals surface area contributed by atoms with Crippen LogP contribution in [-0.4, -0.2) is 37.2 Å². The van der Waals surface area contributed by atoms with Gasteiger partial charge in [0, 0.05) is 19.3 Å². The summed E-state index contributed by atoms with van der Waals surface area (Å²) in [6.07, 6.45) is 96.4. The molecule has 1 atom stereocenters. The summed E-state index contributed by atoms with van der Waals surface area (Å²) >= 11 is 0. The van der Waals surface area contributed by atoms with E-state index in [1.165, 1.54) is 148 Å². The molecule has 0 amide bonds. The second kappa shape index (κ2) is 69.3. The summed E-state index contributed by atoms with van der Waals surface area (Å²) in [5.41, 5.74) is 0. The Kier molecular flexibility index (Phi) is 65.8. The molecule has 0 heterocycles. The number of hydrogen-bond donors (Lipinski definition) is 0. The van der Waals surface area contributed by atoms with Gasteiger partial charge in [0.15, 0.2) is 6.10 Å². The van der Waals surface area contributed by atoms with Gasteiger partial charge in [-0.05, 0) is 135 Å². The lowest BCUT2D eigenvalue weighted by molar-refractivity contribution is -0.167. The average Bonchev–Trinajstić information content (AvgIpc) is 3.48. The number of allylic oxidation sites excluding steroid dienone is 20. The number of carbonyl (C=O) groups is 3. The minimum Gasteiger partial charge on any atom is -0.462 e. The van der Waals surface area contributed by atoms with Crippen molar-refractivity contribution in [3.63, 3.8) is 0 Å². The fourth-order valence-corrected chi connectivity index (χ4v) is 9.51. The molecule has 0 aliphatic rings. The highest BCUT2D eigenvalue weighted by Crippen LogP contribution is 2.16. The third kappa shape index (κ3) is 66.6. The van der Waals surface area contributed by atoms with Crippen LogP contribution in [0.15, 0.2) is 122 Å². The summed E-state index contributed by atoms with van der Waals surface area (Å²) in [6, 6.07) is 0. The zero-order valence-electron chi connectivity index (χ0n) is 53.7. The SMILES string of the molecule is CC/C=C\C/C=C\C/C=C\C/C=C\C/C=C\C/C=C\CCCCCCCCCCCCCCC(=O)OCC(COC(=O)CCCCCCC/C=C\C/C=C\CCCCCC)OC(=O)CCCCCCCCC/C=C\C/C=C\CCCCC. The van der Waals surface area contributed by atoms with Crippen LogP contribution < -0.4 is 0 Å². The molecule has 0 radical (unpaired) electrons. The Hall–Kier alpha value is -4.19. The summed E-state index contributed by atoms with van der Waals surface area (Å²) in [4.78, 5) is 38.4. The molecule has 0 aromatic rings. The third-order valence-electron chi connectivity index (χ3n) is 14.7. The van der Waals surface area contributed by atoms with Crippen molar-refractivity contribution in [2.45, 2.75) is 329 Å². The molecule has 1 unspecified atom stereocenters. The van der Waals surface area contributed by atoms with Crippen molar-refractivity contribution in [3.8, 4) is 0 Å². The summed E-state index contributed by atoms with van der Waals surface area (Å²) in [7, 11) is 0. The van der Waals surface area contributed by atoms with Crippen LogP contribution in [0.2, 0.25) is 0 Å². The molecule has 0 spiro atoms. The van der Waals surface area contributed by atoms with E-state index in [2.05, 4.69) is 142 Å². The van der Waals surface area contributed by atoms with E-state index in [1.54, 1.807) is 0 Å². The topological polar surface area (TPSA) is 78.9 Å². The quantitative estimate of drug-likeness (QED) is 0.0261. The fourth-order valence-electron chi connectivity index (χ4n) is 9.51. The molecule has 6 heteroatoms. The van der Waals surface area contributed by atoms with Crippen molar-refractivity contribution in [3.05, 3.63) is 122 Å².